The van der Waals surface area contributed by atoms with Crippen molar-refractivity contribution in [3.8, 4) is 0 Å². The Labute approximate surface area is 119 Å². The summed E-state index contributed by atoms with van der Waals surface area (Å²) in [5.41, 5.74) is 0.807. The minimum Gasteiger partial charge on any atom is -0.456 e. The lowest BCUT2D eigenvalue weighted by Gasteiger charge is -1.99. The van der Waals surface area contributed by atoms with Crippen LogP contribution in [0.15, 0.2) is 57.7 Å². The fraction of sp³-hybridized carbons (Fsp3) is 0. The molecule has 4 heteroatoms. The molecule has 0 radical (unpaired) electrons. The molecule has 2 nitrogen and oxygen atoms in total. The number of halogens is 2. The van der Waals surface area contributed by atoms with Crippen LogP contribution in [0.25, 0.3) is 23.1 Å². The summed E-state index contributed by atoms with van der Waals surface area (Å²) >= 11 is 0. The van der Waals surface area contributed by atoms with Gasteiger partial charge in [-0.2, -0.15) is 0 Å². The van der Waals surface area contributed by atoms with Crippen LogP contribution in [-0.2, 0) is 0 Å². The Morgan fingerprint density at radius 1 is 0.905 bits per heavy atom. The van der Waals surface area contributed by atoms with Crippen molar-refractivity contribution in [1.29, 1.82) is 0 Å². The van der Waals surface area contributed by atoms with Gasteiger partial charge in [0.1, 0.15) is 11.3 Å². The largest absolute Gasteiger partial charge is 0.456 e. The molecule has 0 spiro atoms. The van der Waals surface area contributed by atoms with E-state index >= 15 is 0 Å². The normalized spacial score (nSPS) is 11.3. The molecular weight excluding hydrogens is 274 g/mol. The summed E-state index contributed by atoms with van der Waals surface area (Å²) in [5, 5.41) is 0.502. The molecule has 2 aromatic carbocycles. The molecule has 1 aromatic heterocycles. The first kappa shape index (κ1) is 13.2. The predicted octanol–water partition coefficient (Wildman–Crippen LogP) is 4.24. The van der Waals surface area contributed by atoms with Gasteiger partial charge < -0.3 is 4.42 Å². The van der Waals surface area contributed by atoms with Crippen LogP contribution >= 0.6 is 0 Å². The Kier molecular flexibility index (Phi) is 3.36. The Balaban J connectivity index is 1.99. The summed E-state index contributed by atoms with van der Waals surface area (Å²) in [6.07, 6.45) is 3.09. The Morgan fingerprint density at radius 3 is 2.52 bits per heavy atom. The van der Waals surface area contributed by atoms with Gasteiger partial charge in [-0.05, 0) is 35.9 Å². The van der Waals surface area contributed by atoms with Gasteiger partial charge in [0, 0.05) is 6.07 Å². The van der Waals surface area contributed by atoms with Crippen LogP contribution in [0, 0.1) is 11.6 Å². The zero-order valence-electron chi connectivity index (χ0n) is 10.8. The zero-order valence-corrected chi connectivity index (χ0v) is 10.8. The molecule has 104 valence electrons. The summed E-state index contributed by atoms with van der Waals surface area (Å²) in [6, 6.07) is 11.8. The lowest BCUT2D eigenvalue weighted by molar-refractivity contribution is 0.508. The third-order valence-corrected chi connectivity index (χ3v) is 3.04. The van der Waals surface area contributed by atoms with E-state index in [1.54, 1.807) is 36.4 Å². The first-order chi connectivity index (χ1) is 10.1. The van der Waals surface area contributed by atoms with E-state index in [2.05, 4.69) is 0 Å². The van der Waals surface area contributed by atoms with E-state index in [0.717, 1.165) is 12.1 Å². The smallest absolute Gasteiger partial charge is 0.193 e. The van der Waals surface area contributed by atoms with Crippen molar-refractivity contribution in [2.75, 3.05) is 0 Å². The molecular formula is C17H10F2O2. The molecule has 0 saturated heterocycles. The van der Waals surface area contributed by atoms with Crippen molar-refractivity contribution in [2.45, 2.75) is 0 Å². The highest BCUT2D eigenvalue weighted by molar-refractivity contribution is 5.78. The zero-order chi connectivity index (χ0) is 14.8. The second kappa shape index (κ2) is 5.32. The monoisotopic (exact) mass is 284 g/mol. The van der Waals surface area contributed by atoms with Gasteiger partial charge in [0.05, 0.1) is 5.39 Å². The molecule has 0 N–H and O–H groups in total. The minimum absolute atomic E-state index is 0.151. The van der Waals surface area contributed by atoms with Crippen molar-refractivity contribution in [3.63, 3.8) is 0 Å². The molecule has 0 aliphatic heterocycles. The van der Waals surface area contributed by atoms with Gasteiger partial charge in [0.15, 0.2) is 17.1 Å². The Bertz CT molecular complexity index is 895. The third kappa shape index (κ3) is 2.74. The van der Waals surface area contributed by atoms with E-state index in [0.29, 0.717) is 22.3 Å². The first-order valence-corrected chi connectivity index (χ1v) is 6.29. The maximum absolute atomic E-state index is 13.1. The molecule has 0 unspecified atom stereocenters. The van der Waals surface area contributed by atoms with Crippen molar-refractivity contribution < 1.29 is 13.2 Å². The highest BCUT2D eigenvalue weighted by atomic mass is 19.2. The second-order valence-electron chi connectivity index (χ2n) is 4.52. The van der Waals surface area contributed by atoms with Crippen molar-refractivity contribution >= 4 is 23.1 Å². The maximum atomic E-state index is 13.1. The van der Waals surface area contributed by atoms with Gasteiger partial charge in [-0.25, -0.2) is 8.78 Å². The molecule has 3 aromatic rings. The molecule has 21 heavy (non-hydrogen) atoms. The van der Waals surface area contributed by atoms with E-state index in [-0.39, 0.29) is 5.43 Å². The molecule has 0 aliphatic carbocycles. The quantitative estimate of drug-likeness (QED) is 0.704. The Morgan fingerprint density at radius 2 is 1.71 bits per heavy atom. The summed E-state index contributed by atoms with van der Waals surface area (Å²) in [5.74, 6) is -1.47. The highest BCUT2D eigenvalue weighted by Crippen LogP contribution is 2.15. The Hall–Kier alpha value is -2.75. The lowest BCUT2D eigenvalue weighted by atomic mass is 10.1. The number of benzene rings is 2. The fourth-order valence-electron chi connectivity index (χ4n) is 2.00. The van der Waals surface area contributed by atoms with Gasteiger partial charge in [-0.3, -0.25) is 4.79 Å². The standard InChI is InChI=1S/C17H10F2O2/c18-14-8-6-11(9-15(14)19)5-7-12-10-16(20)13-3-1-2-4-17(13)21-12/h1-10H. The van der Waals surface area contributed by atoms with Gasteiger partial charge in [0.25, 0.3) is 0 Å². The SMILES string of the molecule is O=c1cc(C=Cc2ccc(F)c(F)c2)oc2ccccc12. The van der Waals surface area contributed by atoms with Crippen LogP contribution < -0.4 is 5.43 Å². The number of para-hydroxylation sites is 1. The van der Waals surface area contributed by atoms with Gasteiger partial charge >= 0.3 is 0 Å². The summed E-state index contributed by atoms with van der Waals surface area (Å²) < 4.78 is 31.5. The van der Waals surface area contributed by atoms with E-state index in [1.165, 1.54) is 12.1 Å². The number of hydrogen-bond donors (Lipinski definition) is 0. The summed E-state index contributed by atoms with van der Waals surface area (Å²) in [7, 11) is 0. The average Bonchev–Trinajstić information content (AvgIpc) is 2.49. The van der Waals surface area contributed by atoms with Crippen molar-refractivity contribution in [2.24, 2.45) is 0 Å². The topological polar surface area (TPSA) is 30.2 Å². The van der Waals surface area contributed by atoms with Crippen molar-refractivity contribution in [3.05, 3.63) is 81.7 Å². The maximum Gasteiger partial charge on any atom is 0.193 e. The van der Waals surface area contributed by atoms with Crippen LogP contribution in [0.2, 0.25) is 0 Å². The average molecular weight is 284 g/mol. The van der Waals surface area contributed by atoms with Crippen LogP contribution in [-0.4, -0.2) is 0 Å². The molecule has 3 rings (SSSR count). The predicted molar refractivity (Wildman–Crippen MR) is 77.8 cm³/mol. The molecule has 0 atom stereocenters. The first-order valence-electron chi connectivity index (χ1n) is 6.29. The van der Waals surface area contributed by atoms with E-state index in [4.69, 9.17) is 4.42 Å². The van der Waals surface area contributed by atoms with E-state index in [9.17, 15) is 13.6 Å². The molecule has 0 aliphatic rings. The number of hydrogen-bond acceptors (Lipinski definition) is 2. The van der Waals surface area contributed by atoms with Gasteiger partial charge in [-0.1, -0.05) is 24.3 Å². The molecule has 0 amide bonds. The fourth-order valence-corrected chi connectivity index (χ4v) is 2.00. The van der Waals surface area contributed by atoms with E-state index in [1.807, 2.05) is 0 Å². The number of fused-ring (bicyclic) bond motifs is 1. The third-order valence-electron chi connectivity index (χ3n) is 3.04. The molecule has 0 fully saturated rings. The van der Waals surface area contributed by atoms with Crippen LogP contribution in [0.3, 0.4) is 0 Å². The summed E-state index contributed by atoms with van der Waals surface area (Å²) in [6.45, 7) is 0. The lowest BCUT2D eigenvalue weighted by Crippen LogP contribution is -1.99. The molecule has 0 saturated carbocycles. The summed E-state index contributed by atoms with van der Waals surface area (Å²) in [4.78, 5) is 11.9. The molecule has 0 bridgehead atoms. The van der Waals surface area contributed by atoms with Gasteiger partial charge in [0.2, 0.25) is 0 Å². The minimum atomic E-state index is -0.919. The number of rotatable bonds is 2. The van der Waals surface area contributed by atoms with Crippen LogP contribution in [0.5, 0.6) is 0 Å². The highest BCUT2D eigenvalue weighted by Gasteiger charge is 2.03. The second-order valence-corrected chi connectivity index (χ2v) is 4.52. The van der Waals surface area contributed by atoms with Crippen LogP contribution in [0.1, 0.15) is 11.3 Å². The van der Waals surface area contributed by atoms with Crippen molar-refractivity contribution in [1.82, 2.24) is 0 Å². The van der Waals surface area contributed by atoms with Gasteiger partial charge in [-0.15, -0.1) is 0 Å². The van der Waals surface area contributed by atoms with E-state index < -0.39 is 11.6 Å². The molecule has 1 heterocycles. The van der Waals surface area contributed by atoms with Crippen LogP contribution in [0.4, 0.5) is 8.78 Å².